The van der Waals surface area contributed by atoms with E-state index in [1.165, 1.54) is 7.11 Å². The molecule has 0 radical (unpaired) electrons. The molecule has 5 nitrogen and oxygen atoms in total. The molecular weight excluding hydrogens is 198 g/mol. The van der Waals surface area contributed by atoms with Gasteiger partial charge in [0.25, 0.3) is 0 Å². The molecule has 0 aliphatic carbocycles. The third-order valence-electron chi connectivity index (χ3n) is 1.87. The van der Waals surface area contributed by atoms with Gasteiger partial charge in [0.15, 0.2) is 0 Å². The summed E-state index contributed by atoms with van der Waals surface area (Å²) in [5.41, 5.74) is 0. The fraction of sp³-hybridized carbons (Fsp3) is 0.600. The number of amides is 1. The lowest BCUT2D eigenvalue weighted by molar-refractivity contribution is -0.145. The van der Waals surface area contributed by atoms with E-state index in [2.05, 4.69) is 16.6 Å². The Bertz CT molecular complexity index is 227. The number of hydrogen-bond donors (Lipinski definition) is 2. The molecule has 0 unspecified atom stereocenters. The van der Waals surface area contributed by atoms with Gasteiger partial charge in [0, 0.05) is 0 Å². The van der Waals surface area contributed by atoms with Crippen molar-refractivity contribution in [3.05, 3.63) is 12.7 Å². The third-order valence-corrected chi connectivity index (χ3v) is 1.87. The van der Waals surface area contributed by atoms with Crippen molar-refractivity contribution in [1.29, 1.82) is 0 Å². The fourth-order valence-electron chi connectivity index (χ4n) is 1.10. The second-order valence-corrected chi connectivity index (χ2v) is 3.02. The van der Waals surface area contributed by atoms with Crippen molar-refractivity contribution < 1.29 is 19.4 Å². The van der Waals surface area contributed by atoms with Crippen LogP contribution in [-0.4, -0.2) is 36.7 Å². The van der Waals surface area contributed by atoms with Crippen LogP contribution < -0.4 is 5.32 Å². The SMILES string of the molecule is C=CCCC[C@@H](NC(=O)CO)C(=O)OC. The summed E-state index contributed by atoms with van der Waals surface area (Å²) in [7, 11) is 1.26. The van der Waals surface area contributed by atoms with E-state index >= 15 is 0 Å². The molecule has 2 N–H and O–H groups in total. The number of aliphatic hydroxyl groups is 1. The van der Waals surface area contributed by atoms with Crippen molar-refractivity contribution >= 4 is 11.9 Å². The minimum absolute atomic E-state index is 0.477. The average molecular weight is 215 g/mol. The summed E-state index contributed by atoms with van der Waals surface area (Å²) < 4.78 is 4.53. The molecule has 1 amide bonds. The van der Waals surface area contributed by atoms with Gasteiger partial charge in [-0.05, 0) is 19.3 Å². The smallest absolute Gasteiger partial charge is 0.328 e. The van der Waals surface area contributed by atoms with Gasteiger partial charge in [-0.25, -0.2) is 4.79 Å². The lowest BCUT2D eigenvalue weighted by Crippen LogP contribution is -2.42. The lowest BCUT2D eigenvalue weighted by Gasteiger charge is -2.15. The molecule has 0 aromatic rings. The Morgan fingerprint density at radius 3 is 2.73 bits per heavy atom. The molecule has 1 atom stereocenters. The van der Waals surface area contributed by atoms with Gasteiger partial charge in [0.2, 0.25) is 5.91 Å². The largest absolute Gasteiger partial charge is 0.467 e. The molecule has 0 fully saturated rings. The number of allylic oxidation sites excluding steroid dienone is 1. The molecule has 0 aromatic heterocycles. The highest BCUT2D eigenvalue weighted by Gasteiger charge is 2.20. The topological polar surface area (TPSA) is 75.6 Å². The van der Waals surface area contributed by atoms with Crippen molar-refractivity contribution in [3.63, 3.8) is 0 Å². The summed E-state index contributed by atoms with van der Waals surface area (Å²) in [4.78, 5) is 22.1. The molecule has 15 heavy (non-hydrogen) atoms. The molecule has 86 valence electrons. The van der Waals surface area contributed by atoms with Crippen LogP contribution in [0.5, 0.6) is 0 Å². The lowest BCUT2D eigenvalue weighted by atomic mass is 10.1. The van der Waals surface area contributed by atoms with Crippen molar-refractivity contribution in [2.75, 3.05) is 13.7 Å². The number of rotatable bonds is 7. The van der Waals surface area contributed by atoms with Gasteiger partial charge in [-0.3, -0.25) is 4.79 Å². The first-order valence-corrected chi connectivity index (χ1v) is 4.74. The maximum absolute atomic E-state index is 11.2. The summed E-state index contributed by atoms with van der Waals surface area (Å²) in [6.45, 7) is 2.93. The number of unbranched alkanes of at least 4 members (excludes halogenated alkanes) is 1. The number of methoxy groups -OCH3 is 1. The first-order valence-electron chi connectivity index (χ1n) is 4.74. The van der Waals surface area contributed by atoms with Gasteiger partial charge in [-0.1, -0.05) is 6.08 Å². The second-order valence-electron chi connectivity index (χ2n) is 3.02. The summed E-state index contributed by atoms with van der Waals surface area (Å²) in [5, 5.41) is 10.9. The molecule has 0 aliphatic rings. The molecule has 0 aliphatic heterocycles. The van der Waals surface area contributed by atoms with Crippen LogP contribution in [0.2, 0.25) is 0 Å². The van der Waals surface area contributed by atoms with E-state index in [0.717, 1.165) is 12.8 Å². The van der Waals surface area contributed by atoms with Crippen LogP contribution in [0.15, 0.2) is 12.7 Å². The zero-order valence-corrected chi connectivity index (χ0v) is 8.86. The van der Waals surface area contributed by atoms with Crippen LogP contribution in [0.25, 0.3) is 0 Å². The minimum atomic E-state index is -0.686. The van der Waals surface area contributed by atoms with Crippen LogP contribution in [-0.2, 0) is 14.3 Å². The van der Waals surface area contributed by atoms with Gasteiger partial charge < -0.3 is 15.2 Å². The molecule has 0 spiro atoms. The molecular formula is C10H17NO4. The summed E-state index contributed by atoms with van der Waals surface area (Å²) in [5.74, 6) is -1.08. The van der Waals surface area contributed by atoms with Crippen molar-refractivity contribution in [2.24, 2.45) is 0 Å². The number of hydrogen-bond acceptors (Lipinski definition) is 4. The van der Waals surface area contributed by atoms with Crippen molar-refractivity contribution in [2.45, 2.75) is 25.3 Å². The van der Waals surface area contributed by atoms with Crippen molar-refractivity contribution in [1.82, 2.24) is 5.32 Å². The molecule has 0 bridgehead atoms. The standard InChI is InChI=1S/C10H17NO4/c1-3-4-5-6-8(10(14)15-2)11-9(13)7-12/h3,8,12H,1,4-7H2,2H3,(H,11,13)/t8-/m1/s1. The molecule has 0 heterocycles. The summed E-state index contributed by atoms with van der Waals surface area (Å²) in [6, 6.07) is -0.686. The van der Waals surface area contributed by atoms with Gasteiger partial charge in [0.05, 0.1) is 7.11 Å². The molecule has 0 aromatic carbocycles. The highest BCUT2D eigenvalue weighted by molar-refractivity contribution is 5.84. The monoisotopic (exact) mass is 215 g/mol. The predicted molar refractivity (Wildman–Crippen MR) is 55.1 cm³/mol. The van der Waals surface area contributed by atoms with E-state index in [1.807, 2.05) is 0 Å². The van der Waals surface area contributed by atoms with E-state index in [0.29, 0.717) is 6.42 Å². The van der Waals surface area contributed by atoms with Crippen LogP contribution in [0.1, 0.15) is 19.3 Å². The fourth-order valence-corrected chi connectivity index (χ4v) is 1.10. The molecule has 0 saturated carbocycles. The van der Waals surface area contributed by atoms with Crippen LogP contribution in [0, 0.1) is 0 Å². The first-order chi connectivity index (χ1) is 7.15. The maximum Gasteiger partial charge on any atom is 0.328 e. The first kappa shape index (κ1) is 13.6. The Morgan fingerprint density at radius 1 is 1.60 bits per heavy atom. The van der Waals surface area contributed by atoms with Gasteiger partial charge in [-0.2, -0.15) is 0 Å². The van der Waals surface area contributed by atoms with Crippen molar-refractivity contribution in [3.8, 4) is 0 Å². The van der Waals surface area contributed by atoms with Gasteiger partial charge >= 0.3 is 5.97 Å². The zero-order chi connectivity index (χ0) is 11.7. The van der Waals surface area contributed by atoms with E-state index in [9.17, 15) is 9.59 Å². The quantitative estimate of drug-likeness (QED) is 0.356. The minimum Gasteiger partial charge on any atom is -0.467 e. The summed E-state index contributed by atoms with van der Waals surface area (Å²) in [6.07, 6.45) is 3.71. The van der Waals surface area contributed by atoms with E-state index in [1.54, 1.807) is 6.08 Å². The normalized spacial score (nSPS) is 11.6. The predicted octanol–water partition coefficient (Wildman–Crippen LogP) is -0.00720. The van der Waals surface area contributed by atoms with Crippen LogP contribution >= 0.6 is 0 Å². The molecule has 0 rings (SSSR count). The van der Waals surface area contributed by atoms with E-state index in [-0.39, 0.29) is 0 Å². The Labute approximate surface area is 89.1 Å². The number of carbonyl (C=O) groups is 2. The third kappa shape index (κ3) is 5.85. The number of nitrogens with one attached hydrogen (secondary N) is 1. The second kappa shape index (κ2) is 7.99. The zero-order valence-electron chi connectivity index (χ0n) is 8.86. The summed E-state index contributed by atoms with van der Waals surface area (Å²) >= 11 is 0. The van der Waals surface area contributed by atoms with Gasteiger partial charge in [-0.15, -0.1) is 6.58 Å². The Balaban J connectivity index is 4.11. The average Bonchev–Trinajstić information content (AvgIpc) is 2.26. The Hall–Kier alpha value is -1.36. The number of ether oxygens (including phenoxy) is 1. The Kier molecular flexibility index (Phi) is 7.27. The maximum atomic E-state index is 11.2. The van der Waals surface area contributed by atoms with E-state index < -0.39 is 24.5 Å². The molecule has 5 heteroatoms. The van der Waals surface area contributed by atoms with Gasteiger partial charge in [0.1, 0.15) is 12.6 Å². The highest BCUT2D eigenvalue weighted by atomic mass is 16.5. The van der Waals surface area contributed by atoms with Crippen LogP contribution in [0.4, 0.5) is 0 Å². The van der Waals surface area contributed by atoms with Crippen LogP contribution in [0.3, 0.4) is 0 Å². The van der Waals surface area contributed by atoms with E-state index in [4.69, 9.17) is 5.11 Å². The highest BCUT2D eigenvalue weighted by Crippen LogP contribution is 2.03. The number of carbonyl (C=O) groups excluding carboxylic acids is 2. The number of esters is 1. The number of aliphatic hydroxyl groups excluding tert-OH is 1. The Morgan fingerprint density at radius 2 is 2.27 bits per heavy atom. The molecule has 0 saturated heterocycles.